The van der Waals surface area contributed by atoms with Gasteiger partial charge in [0.1, 0.15) is 11.6 Å². The Labute approximate surface area is 209 Å². The molecule has 1 saturated carbocycles. The van der Waals surface area contributed by atoms with Gasteiger partial charge in [0.25, 0.3) is 5.91 Å². The van der Waals surface area contributed by atoms with Gasteiger partial charge in [0.15, 0.2) is 6.17 Å². The summed E-state index contributed by atoms with van der Waals surface area (Å²) in [5.74, 6) is -0.496. The SMILES string of the molecule is COc1ccc(CC(=O)N2CCN(C(=O)Nc3cccc(F)c3)C2C(=O)NC2CCC(N)CC2)cc1. The summed E-state index contributed by atoms with van der Waals surface area (Å²) in [4.78, 5) is 42.6. The molecule has 2 aromatic rings. The van der Waals surface area contributed by atoms with Gasteiger partial charge in [-0.2, -0.15) is 0 Å². The predicted molar refractivity (Wildman–Crippen MR) is 133 cm³/mol. The maximum atomic E-state index is 13.6. The van der Waals surface area contributed by atoms with E-state index in [0.29, 0.717) is 5.75 Å². The third kappa shape index (κ3) is 6.12. The number of nitrogens with two attached hydrogens (primary N) is 1. The lowest BCUT2D eigenvalue weighted by Crippen LogP contribution is -2.57. The molecule has 0 radical (unpaired) electrons. The number of nitrogens with zero attached hydrogens (tertiary/aromatic N) is 2. The summed E-state index contributed by atoms with van der Waals surface area (Å²) in [6.45, 7) is 0.377. The zero-order valence-corrected chi connectivity index (χ0v) is 20.3. The molecule has 0 bridgehead atoms. The summed E-state index contributed by atoms with van der Waals surface area (Å²) < 4.78 is 18.8. The largest absolute Gasteiger partial charge is 0.497 e. The number of rotatable bonds is 6. The lowest BCUT2D eigenvalue weighted by molar-refractivity contribution is -0.141. The number of halogens is 1. The highest BCUT2D eigenvalue weighted by atomic mass is 19.1. The number of nitrogens with one attached hydrogen (secondary N) is 2. The number of methoxy groups -OCH3 is 1. The topological polar surface area (TPSA) is 117 Å². The normalized spacial score (nSPS) is 21.7. The quantitative estimate of drug-likeness (QED) is 0.567. The molecule has 4 rings (SSSR count). The third-order valence-electron chi connectivity index (χ3n) is 6.70. The lowest BCUT2D eigenvalue weighted by atomic mass is 9.92. The van der Waals surface area contributed by atoms with Gasteiger partial charge in [-0.3, -0.25) is 14.5 Å². The van der Waals surface area contributed by atoms with Crippen molar-refractivity contribution in [2.24, 2.45) is 5.73 Å². The van der Waals surface area contributed by atoms with E-state index < -0.39 is 23.9 Å². The Morgan fingerprint density at radius 2 is 1.72 bits per heavy atom. The summed E-state index contributed by atoms with van der Waals surface area (Å²) in [6, 6.07) is 12.1. The fourth-order valence-electron chi connectivity index (χ4n) is 4.71. The number of hydrogen-bond donors (Lipinski definition) is 3. The third-order valence-corrected chi connectivity index (χ3v) is 6.70. The monoisotopic (exact) mass is 497 g/mol. The molecule has 192 valence electrons. The van der Waals surface area contributed by atoms with E-state index in [4.69, 9.17) is 10.5 Å². The molecule has 36 heavy (non-hydrogen) atoms. The van der Waals surface area contributed by atoms with E-state index in [1.165, 1.54) is 28.0 Å². The van der Waals surface area contributed by atoms with Gasteiger partial charge in [0.2, 0.25) is 5.91 Å². The summed E-state index contributed by atoms with van der Waals surface area (Å²) in [6.07, 6.45) is 2.06. The first-order valence-electron chi connectivity index (χ1n) is 12.2. The van der Waals surface area contributed by atoms with Crippen molar-refractivity contribution in [2.75, 3.05) is 25.5 Å². The molecule has 2 aromatic carbocycles. The van der Waals surface area contributed by atoms with Crippen LogP contribution in [-0.2, 0) is 16.0 Å². The van der Waals surface area contributed by atoms with Crippen LogP contribution in [0.2, 0.25) is 0 Å². The Morgan fingerprint density at radius 1 is 1.03 bits per heavy atom. The van der Waals surface area contributed by atoms with Gasteiger partial charge in [0, 0.05) is 30.9 Å². The van der Waals surface area contributed by atoms with E-state index in [0.717, 1.165) is 31.2 Å². The minimum atomic E-state index is -1.11. The maximum Gasteiger partial charge on any atom is 0.323 e. The first kappa shape index (κ1) is 25.4. The van der Waals surface area contributed by atoms with Crippen LogP contribution < -0.4 is 21.1 Å². The number of urea groups is 1. The van der Waals surface area contributed by atoms with E-state index in [1.54, 1.807) is 37.4 Å². The van der Waals surface area contributed by atoms with Crippen LogP contribution in [-0.4, -0.2) is 66.1 Å². The van der Waals surface area contributed by atoms with Crippen LogP contribution in [0.5, 0.6) is 5.75 Å². The molecular formula is C26H32FN5O4. The van der Waals surface area contributed by atoms with E-state index in [1.807, 2.05) is 0 Å². The molecule has 10 heteroatoms. The lowest BCUT2D eigenvalue weighted by Gasteiger charge is -2.32. The van der Waals surface area contributed by atoms with Crippen molar-refractivity contribution < 1.29 is 23.5 Å². The van der Waals surface area contributed by atoms with Crippen molar-refractivity contribution in [2.45, 2.75) is 50.4 Å². The van der Waals surface area contributed by atoms with E-state index >= 15 is 0 Å². The van der Waals surface area contributed by atoms with Crippen molar-refractivity contribution in [1.29, 1.82) is 0 Å². The number of hydrogen-bond acceptors (Lipinski definition) is 5. The van der Waals surface area contributed by atoms with Gasteiger partial charge in [-0.15, -0.1) is 0 Å². The van der Waals surface area contributed by atoms with Gasteiger partial charge < -0.3 is 26.0 Å². The van der Waals surface area contributed by atoms with Crippen LogP contribution in [0.25, 0.3) is 0 Å². The second-order valence-electron chi connectivity index (χ2n) is 9.24. The molecule has 4 amide bonds. The highest BCUT2D eigenvalue weighted by Crippen LogP contribution is 2.22. The van der Waals surface area contributed by atoms with Crippen LogP contribution in [0.4, 0.5) is 14.9 Å². The number of ether oxygens (including phenoxy) is 1. The zero-order chi connectivity index (χ0) is 25.7. The Kier molecular flexibility index (Phi) is 8.04. The average molecular weight is 498 g/mol. The number of anilines is 1. The Hall–Kier alpha value is -3.66. The first-order chi connectivity index (χ1) is 17.3. The molecule has 1 aliphatic heterocycles. The maximum absolute atomic E-state index is 13.6. The Balaban J connectivity index is 1.51. The molecule has 1 saturated heterocycles. The molecule has 1 unspecified atom stereocenters. The van der Waals surface area contributed by atoms with E-state index in [-0.39, 0.29) is 43.2 Å². The van der Waals surface area contributed by atoms with E-state index in [9.17, 15) is 18.8 Å². The summed E-state index contributed by atoms with van der Waals surface area (Å²) in [7, 11) is 1.57. The smallest absolute Gasteiger partial charge is 0.323 e. The Bertz CT molecular complexity index is 1090. The number of benzene rings is 2. The van der Waals surface area contributed by atoms with E-state index in [2.05, 4.69) is 10.6 Å². The second-order valence-corrected chi connectivity index (χ2v) is 9.24. The highest BCUT2D eigenvalue weighted by molar-refractivity contribution is 5.96. The van der Waals surface area contributed by atoms with Gasteiger partial charge >= 0.3 is 6.03 Å². The second kappa shape index (κ2) is 11.4. The van der Waals surface area contributed by atoms with Gasteiger partial charge in [-0.1, -0.05) is 18.2 Å². The molecule has 4 N–H and O–H groups in total. The minimum Gasteiger partial charge on any atom is -0.497 e. The fourth-order valence-corrected chi connectivity index (χ4v) is 4.71. The molecule has 2 aliphatic rings. The summed E-state index contributed by atoms with van der Waals surface area (Å²) >= 11 is 0. The van der Waals surface area contributed by atoms with Crippen molar-refractivity contribution in [3.05, 3.63) is 59.9 Å². The number of carbonyl (C=O) groups is 3. The van der Waals surface area contributed by atoms with Gasteiger partial charge in [-0.05, 0) is 61.6 Å². The molecule has 1 heterocycles. The molecule has 9 nitrogen and oxygen atoms in total. The summed E-state index contributed by atoms with van der Waals surface area (Å²) in [5.41, 5.74) is 7.02. The van der Waals surface area contributed by atoms with Crippen LogP contribution in [0.3, 0.4) is 0 Å². The van der Waals surface area contributed by atoms with Crippen LogP contribution in [0.15, 0.2) is 48.5 Å². The first-order valence-corrected chi connectivity index (χ1v) is 12.2. The van der Waals surface area contributed by atoms with Crippen molar-refractivity contribution in [3.63, 3.8) is 0 Å². The average Bonchev–Trinajstić information content (AvgIpc) is 3.32. The van der Waals surface area contributed by atoms with Gasteiger partial charge in [0.05, 0.1) is 13.5 Å². The van der Waals surface area contributed by atoms with Crippen molar-refractivity contribution in [3.8, 4) is 5.75 Å². The van der Waals surface area contributed by atoms with Crippen LogP contribution in [0, 0.1) is 5.82 Å². The standard InChI is InChI=1S/C26H32FN5O4/c1-36-22-11-5-17(6-12-22)15-23(33)31-13-14-32(26(35)30-21-4-2-3-18(27)16-21)25(31)24(34)29-20-9-7-19(28)8-10-20/h2-6,11-12,16,19-20,25H,7-10,13-15,28H2,1H3,(H,29,34)(H,30,35). The number of amides is 4. The molecular weight excluding hydrogens is 465 g/mol. The van der Waals surface area contributed by atoms with Crippen molar-refractivity contribution >= 4 is 23.5 Å². The highest BCUT2D eigenvalue weighted by Gasteiger charge is 2.43. The summed E-state index contributed by atoms with van der Waals surface area (Å²) in [5, 5.41) is 5.66. The van der Waals surface area contributed by atoms with Crippen molar-refractivity contribution in [1.82, 2.24) is 15.1 Å². The molecule has 0 aromatic heterocycles. The molecule has 2 fully saturated rings. The Morgan fingerprint density at radius 3 is 2.39 bits per heavy atom. The van der Waals surface area contributed by atoms with Gasteiger partial charge in [-0.25, -0.2) is 9.18 Å². The molecule has 1 aliphatic carbocycles. The number of carbonyl (C=O) groups excluding carboxylic acids is 3. The molecule has 1 atom stereocenters. The van der Waals surface area contributed by atoms with Crippen LogP contribution in [0.1, 0.15) is 31.2 Å². The predicted octanol–water partition coefficient (Wildman–Crippen LogP) is 2.47. The fraction of sp³-hybridized carbons (Fsp3) is 0.423. The zero-order valence-electron chi connectivity index (χ0n) is 20.3. The molecule has 0 spiro atoms. The minimum absolute atomic E-state index is 0.0652. The van der Waals surface area contributed by atoms with Crippen LogP contribution >= 0.6 is 0 Å².